The zero-order valence-electron chi connectivity index (χ0n) is 11.5. The molecule has 0 bridgehead atoms. The van der Waals surface area contributed by atoms with Gasteiger partial charge in [0.1, 0.15) is 6.04 Å². The number of carbonyl (C=O) groups excluding carboxylic acids is 2. The minimum atomic E-state index is -0.838. The molecule has 1 saturated heterocycles. The second-order valence-electron chi connectivity index (χ2n) is 5.34. The molecule has 2 heterocycles. The summed E-state index contributed by atoms with van der Waals surface area (Å²) in [5.74, 6) is -1.42. The Morgan fingerprint density at radius 2 is 1.76 bits per heavy atom. The summed E-state index contributed by atoms with van der Waals surface area (Å²) in [6.07, 6.45) is 1.45. The first-order valence-electron chi connectivity index (χ1n) is 7.01. The minimum absolute atomic E-state index is 0.232. The first-order valence-corrected chi connectivity index (χ1v) is 7.01. The maximum atomic E-state index is 12.2. The van der Waals surface area contributed by atoms with E-state index >= 15 is 0 Å². The number of aliphatic carboxylic acids is 1. The van der Waals surface area contributed by atoms with Crippen molar-refractivity contribution >= 4 is 17.8 Å². The van der Waals surface area contributed by atoms with Gasteiger partial charge in [-0.1, -0.05) is 12.1 Å². The van der Waals surface area contributed by atoms with Gasteiger partial charge in [-0.2, -0.15) is 0 Å². The van der Waals surface area contributed by atoms with E-state index in [1.807, 2.05) is 4.90 Å². The summed E-state index contributed by atoms with van der Waals surface area (Å²) in [7, 11) is 0. The Hall–Kier alpha value is -2.21. The number of carbonyl (C=O) groups is 3. The number of likely N-dealkylation sites (tertiary alicyclic amines) is 1. The van der Waals surface area contributed by atoms with Gasteiger partial charge in [0.15, 0.2) is 0 Å². The van der Waals surface area contributed by atoms with Gasteiger partial charge in [-0.25, -0.2) is 0 Å². The lowest BCUT2D eigenvalue weighted by atomic mass is 10.1. The van der Waals surface area contributed by atoms with E-state index in [1.54, 1.807) is 24.3 Å². The molecule has 0 aromatic heterocycles. The number of rotatable bonds is 4. The summed E-state index contributed by atoms with van der Waals surface area (Å²) in [5.41, 5.74) is 0.859. The van der Waals surface area contributed by atoms with Crippen LogP contribution in [0, 0.1) is 0 Å². The van der Waals surface area contributed by atoms with Crippen LogP contribution in [0.25, 0.3) is 0 Å². The zero-order chi connectivity index (χ0) is 15.0. The van der Waals surface area contributed by atoms with Gasteiger partial charge >= 0.3 is 5.97 Å². The molecule has 110 valence electrons. The van der Waals surface area contributed by atoms with Crippen LogP contribution in [0.2, 0.25) is 0 Å². The molecule has 1 fully saturated rings. The Morgan fingerprint density at radius 3 is 2.33 bits per heavy atom. The van der Waals surface area contributed by atoms with E-state index in [-0.39, 0.29) is 18.4 Å². The number of hydrogen-bond donors (Lipinski definition) is 1. The molecule has 6 heteroatoms. The van der Waals surface area contributed by atoms with Gasteiger partial charge in [-0.05, 0) is 31.5 Å². The molecule has 1 atom stereocenters. The highest BCUT2D eigenvalue weighted by Gasteiger charge is 2.36. The first-order chi connectivity index (χ1) is 10.1. The van der Waals surface area contributed by atoms with Crippen LogP contribution in [-0.2, 0) is 4.79 Å². The molecule has 0 spiro atoms. The van der Waals surface area contributed by atoms with Gasteiger partial charge in [0.25, 0.3) is 11.8 Å². The van der Waals surface area contributed by atoms with Crippen molar-refractivity contribution in [1.82, 2.24) is 9.80 Å². The third-order valence-electron chi connectivity index (χ3n) is 4.14. The van der Waals surface area contributed by atoms with Gasteiger partial charge in [0, 0.05) is 13.1 Å². The Balaban J connectivity index is 1.69. The average Bonchev–Trinajstić information content (AvgIpc) is 3.03. The molecule has 1 aromatic rings. The number of carboxylic acid groups (broad SMARTS) is 1. The fourth-order valence-corrected chi connectivity index (χ4v) is 3.04. The molecule has 2 aliphatic rings. The zero-order valence-corrected chi connectivity index (χ0v) is 11.5. The Morgan fingerprint density at radius 1 is 1.14 bits per heavy atom. The summed E-state index contributed by atoms with van der Waals surface area (Å²) >= 11 is 0. The predicted molar refractivity (Wildman–Crippen MR) is 74.0 cm³/mol. The molecule has 0 radical (unpaired) electrons. The molecule has 1 N–H and O–H groups in total. The summed E-state index contributed by atoms with van der Waals surface area (Å²) in [6, 6.07) is 6.25. The maximum absolute atomic E-state index is 12.2. The second kappa shape index (κ2) is 5.29. The Labute approximate surface area is 122 Å². The smallest absolute Gasteiger partial charge is 0.320 e. The molecule has 1 aromatic carbocycles. The highest BCUT2D eigenvalue weighted by atomic mass is 16.4. The number of nitrogens with zero attached hydrogens (tertiary/aromatic N) is 2. The second-order valence-corrected chi connectivity index (χ2v) is 5.34. The lowest BCUT2D eigenvalue weighted by Crippen LogP contribution is -2.42. The normalized spacial score (nSPS) is 21.9. The van der Waals surface area contributed by atoms with Gasteiger partial charge < -0.3 is 5.11 Å². The molecule has 0 unspecified atom stereocenters. The van der Waals surface area contributed by atoms with E-state index in [1.165, 1.54) is 4.90 Å². The maximum Gasteiger partial charge on any atom is 0.320 e. The van der Waals surface area contributed by atoms with Crippen LogP contribution < -0.4 is 0 Å². The lowest BCUT2D eigenvalue weighted by Gasteiger charge is -2.23. The van der Waals surface area contributed by atoms with Crippen molar-refractivity contribution in [2.45, 2.75) is 18.9 Å². The van der Waals surface area contributed by atoms with Crippen LogP contribution in [0.3, 0.4) is 0 Å². The summed E-state index contributed by atoms with van der Waals surface area (Å²) in [6.45, 7) is 1.33. The van der Waals surface area contributed by atoms with E-state index in [0.29, 0.717) is 30.6 Å². The number of amides is 2. The minimum Gasteiger partial charge on any atom is -0.480 e. The molecule has 0 saturated carbocycles. The van der Waals surface area contributed by atoms with Crippen LogP contribution in [-0.4, -0.2) is 58.4 Å². The molecular weight excluding hydrogens is 272 g/mol. The monoisotopic (exact) mass is 288 g/mol. The van der Waals surface area contributed by atoms with Crippen molar-refractivity contribution < 1.29 is 19.5 Å². The summed E-state index contributed by atoms with van der Waals surface area (Å²) in [4.78, 5) is 38.6. The highest BCUT2D eigenvalue weighted by Crippen LogP contribution is 2.23. The molecule has 3 rings (SSSR count). The third-order valence-corrected chi connectivity index (χ3v) is 4.14. The molecule has 21 heavy (non-hydrogen) atoms. The SMILES string of the molecule is O=C(O)[C@@H]1CCCN1CCN1C(=O)c2ccccc2C1=O. The van der Waals surface area contributed by atoms with E-state index < -0.39 is 12.0 Å². The average molecular weight is 288 g/mol. The van der Waals surface area contributed by atoms with Crippen molar-refractivity contribution in [3.63, 3.8) is 0 Å². The van der Waals surface area contributed by atoms with Crippen molar-refractivity contribution in [2.24, 2.45) is 0 Å². The summed E-state index contributed by atoms with van der Waals surface area (Å²) in [5, 5.41) is 9.13. The molecule has 6 nitrogen and oxygen atoms in total. The lowest BCUT2D eigenvalue weighted by molar-refractivity contribution is -0.142. The highest BCUT2D eigenvalue weighted by molar-refractivity contribution is 6.21. The quantitative estimate of drug-likeness (QED) is 0.830. The van der Waals surface area contributed by atoms with E-state index in [4.69, 9.17) is 5.11 Å². The van der Waals surface area contributed by atoms with E-state index in [9.17, 15) is 14.4 Å². The standard InChI is InChI=1S/C15H16N2O4/c18-13-10-4-1-2-5-11(10)14(19)17(13)9-8-16-7-3-6-12(16)15(20)21/h1-2,4-5,12H,3,6-9H2,(H,20,21)/t12-/m0/s1. The van der Waals surface area contributed by atoms with Crippen LogP contribution in [0.15, 0.2) is 24.3 Å². The van der Waals surface area contributed by atoms with Crippen LogP contribution >= 0.6 is 0 Å². The van der Waals surface area contributed by atoms with E-state index in [0.717, 1.165) is 6.42 Å². The van der Waals surface area contributed by atoms with Crippen LogP contribution in [0.1, 0.15) is 33.6 Å². The topological polar surface area (TPSA) is 77.9 Å². The van der Waals surface area contributed by atoms with Crippen LogP contribution in [0.5, 0.6) is 0 Å². The van der Waals surface area contributed by atoms with Crippen molar-refractivity contribution in [3.8, 4) is 0 Å². The number of benzene rings is 1. The first kappa shape index (κ1) is 13.8. The number of fused-ring (bicyclic) bond motifs is 1. The fraction of sp³-hybridized carbons (Fsp3) is 0.400. The molecular formula is C15H16N2O4. The molecule has 0 aliphatic carbocycles. The molecule has 2 amide bonds. The number of imide groups is 1. The van der Waals surface area contributed by atoms with Gasteiger partial charge in [0.2, 0.25) is 0 Å². The van der Waals surface area contributed by atoms with Crippen LogP contribution in [0.4, 0.5) is 0 Å². The third kappa shape index (κ3) is 2.31. The largest absolute Gasteiger partial charge is 0.480 e. The Bertz CT molecular complexity index is 578. The predicted octanol–water partition coefficient (Wildman–Crippen LogP) is 0.832. The summed E-state index contributed by atoms with van der Waals surface area (Å²) < 4.78 is 0. The van der Waals surface area contributed by atoms with Crippen molar-refractivity contribution in [3.05, 3.63) is 35.4 Å². The van der Waals surface area contributed by atoms with E-state index in [2.05, 4.69) is 0 Å². The fourth-order valence-electron chi connectivity index (χ4n) is 3.04. The van der Waals surface area contributed by atoms with Crippen molar-refractivity contribution in [1.29, 1.82) is 0 Å². The van der Waals surface area contributed by atoms with Gasteiger partial charge in [-0.15, -0.1) is 0 Å². The van der Waals surface area contributed by atoms with Gasteiger partial charge in [-0.3, -0.25) is 24.2 Å². The number of carboxylic acids is 1. The van der Waals surface area contributed by atoms with Crippen molar-refractivity contribution in [2.75, 3.05) is 19.6 Å². The number of hydrogen-bond acceptors (Lipinski definition) is 4. The Kier molecular flexibility index (Phi) is 3.47. The molecule has 2 aliphatic heterocycles. The van der Waals surface area contributed by atoms with Gasteiger partial charge in [0.05, 0.1) is 11.1 Å².